The lowest BCUT2D eigenvalue weighted by atomic mass is 10.7. The molecule has 2 atom stereocenters. The van der Waals surface area contributed by atoms with Gasteiger partial charge in [-0.1, -0.05) is 4.85 Å². The van der Waals surface area contributed by atoms with Gasteiger partial charge in [-0.15, -0.1) is 0 Å². The van der Waals surface area contributed by atoms with Crippen molar-refractivity contribution >= 4 is 0 Å². The summed E-state index contributed by atoms with van der Waals surface area (Å²) in [6.07, 6.45) is 0.983. The SMILES string of the molecule is C#[N+]C1CC1N. The third-order valence-corrected chi connectivity index (χ3v) is 0.996. The number of nitrogens with two attached hydrogens (primary N) is 1. The van der Waals surface area contributed by atoms with Crippen molar-refractivity contribution in [2.24, 2.45) is 5.73 Å². The maximum absolute atomic E-state index is 5.30. The molecule has 0 aromatic heterocycles. The first-order valence-electron chi connectivity index (χ1n) is 2.00. The molecule has 6 heavy (non-hydrogen) atoms. The highest BCUT2D eigenvalue weighted by Crippen LogP contribution is 2.21. The lowest BCUT2D eigenvalue weighted by Crippen LogP contribution is -2.01. The Morgan fingerprint density at radius 2 is 2.33 bits per heavy atom. The van der Waals surface area contributed by atoms with Crippen LogP contribution in [0.4, 0.5) is 0 Å². The zero-order valence-electron chi connectivity index (χ0n) is 3.46. The molecule has 0 aromatic rings. The summed E-state index contributed by atoms with van der Waals surface area (Å²) >= 11 is 0. The third-order valence-electron chi connectivity index (χ3n) is 0.996. The van der Waals surface area contributed by atoms with Crippen LogP contribution in [-0.2, 0) is 0 Å². The summed E-state index contributed by atoms with van der Waals surface area (Å²) in [6.45, 7) is 4.87. The second kappa shape index (κ2) is 0.954. The summed E-state index contributed by atoms with van der Waals surface area (Å²) in [4.78, 5) is 3.46. The van der Waals surface area contributed by atoms with E-state index in [9.17, 15) is 0 Å². The zero-order valence-corrected chi connectivity index (χ0v) is 3.46. The molecule has 2 N–H and O–H groups in total. The van der Waals surface area contributed by atoms with Crippen molar-refractivity contribution < 1.29 is 0 Å². The molecule has 2 unspecified atom stereocenters. The molecule has 1 saturated carbocycles. The van der Waals surface area contributed by atoms with Gasteiger partial charge >= 0.3 is 0 Å². The van der Waals surface area contributed by atoms with Gasteiger partial charge in [0.1, 0.15) is 0 Å². The minimum atomic E-state index is 0.273. The van der Waals surface area contributed by atoms with Crippen LogP contribution in [0.25, 0.3) is 4.85 Å². The normalized spacial score (nSPS) is 41.3. The molecule has 0 spiro atoms. The standard InChI is InChI=1S/C4H7N2/c1-6-4-2-3(4)5/h1,3-4H,2,5H2/q+1. The first-order chi connectivity index (χ1) is 2.84. The van der Waals surface area contributed by atoms with Crippen molar-refractivity contribution in [1.29, 1.82) is 0 Å². The van der Waals surface area contributed by atoms with Crippen LogP contribution in [0.3, 0.4) is 0 Å². The van der Waals surface area contributed by atoms with Crippen LogP contribution < -0.4 is 5.73 Å². The van der Waals surface area contributed by atoms with Gasteiger partial charge in [0, 0.05) is 0 Å². The van der Waals surface area contributed by atoms with Gasteiger partial charge in [-0.2, -0.15) is 0 Å². The Morgan fingerprint density at radius 3 is 2.33 bits per heavy atom. The summed E-state index contributed by atoms with van der Waals surface area (Å²) in [7, 11) is 0. The molecule has 0 saturated heterocycles. The fourth-order valence-corrected chi connectivity index (χ4v) is 0.372. The molecule has 2 nitrogen and oxygen atoms in total. The fraction of sp³-hybridized carbons (Fsp3) is 0.750. The van der Waals surface area contributed by atoms with Crippen LogP contribution in [0, 0.1) is 6.57 Å². The molecule has 1 aliphatic carbocycles. The highest BCUT2D eigenvalue weighted by atomic mass is 14.9. The van der Waals surface area contributed by atoms with E-state index in [1.165, 1.54) is 0 Å². The second-order valence-electron chi connectivity index (χ2n) is 1.62. The van der Waals surface area contributed by atoms with Crippen LogP contribution in [-0.4, -0.2) is 12.1 Å². The van der Waals surface area contributed by atoms with E-state index in [0.717, 1.165) is 6.42 Å². The molecule has 1 aliphatic rings. The highest BCUT2D eigenvalue weighted by Gasteiger charge is 2.43. The van der Waals surface area contributed by atoms with E-state index in [1.54, 1.807) is 0 Å². The van der Waals surface area contributed by atoms with Gasteiger partial charge in [-0.25, -0.2) is 0 Å². The molecule has 0 aromatic carbocycles. The Morgan fingerprint density at radius 1 is 1.83 bits per heavy atom. The lowest BCUT2D eigenvalue weighted by Gasteiger charge is -1.59. The van der Waals surface area contributed by atoms with Crippen LogP contribution >= 0.6 is 0 Å². The van der Waals surface area contributed by atoms with Gasteiger partial charge in [-0.05, 0) is 0 Å². The summed E-state index contributed by atoms with van der Waals surface area (Å²) in [6, 6.07) is 0.556. The molecule has 2 heteroatoms. The van der Waals surface area contributed by atoms with E-state index in [1.807, 2.05) is 0 Å². The Hall–Kier alpha value is -0.550. The molecular formula is C4H7N2+. The molecule has 0 bridgehead atoms. The van der Waals surface area contributed by atoms with Crippen LogP contribution in [0.1, 0.15) is 6.42 Å². The Kier molecular flexibility index (Phi) is 0.578. The Bertz CT molecular complexity index is 92.2. The van der Waals surface area contributed by atoms with Gasteiger partial charge in [0.2, 0.25) is 0 Å². The first kappa shape index (κ1) is 3.63. The number of nitrogens with zero attached hydrogens (tertiary/aromatic N) is 1. The summed E-state index contributed by atoms with van der Waals surface area (Å²) in [5.41, 5.74) is 5.30. The number of hydrogen-bond acceptors (Lipinski definition) is 1. The van der Waals surface area contributed by atoms with Crippen molar-refractivity contribution in [3.63, 3.8) is 0 Å². The van der Waals surface area contributed by atoms with E-state index in [-0.39, 0.29) is 12.1 Å². The van der Waals surface area contributed by atoms with E-state index < -0.39 is 0 Å². The zero-order chi connectivity index (χ0) is 4.57. The fourth-order valence-electron chi connectivity index (χ4n) is 0.372. The number of rotatable bonds is 0. The van der Waals surface area contributed by atoms with Crippen LogP contribution in [0.5, 0.6) is 0 Å². The van der Waals surface area contributed by atoms with Gasteiger partial charge in [0.05, 0.1) is 12.5 Å². The van der Waals surface area contributed by atoms with Crippen molar-refractivity contribution in [1.82, 2.24) is 0 Å². The smallest absolute Gasteiger partial charge is 0.288 e. The predicted molar refractivity (Wildman–Crippen MR) is 24.7 cm³/mol. The largest absolute Gasteiger partial charge is 0.321 e. The van der Waals surface area contributed by atoms with Gasteiger partial charge in [0.15, 0.2) is 0 Å². The van der Waals surface area contributed by atoms with Crippen molar-refractivity contribution in [2.45, 2.75) is 18.5 Å². The monoisotopic (exact) mass is 83.1 g/mol. The van der Waals surface area contributed by atoms with Gasteiger partial charge < -0.3 is 5.73 Å². The van der Waals surface area contributed by atoms with Crippen LogP contribution in [0.15, 0.2) is 0 Å². The maximum Gasteiger partial charge on any atom is 0.288 e. The third kappa shape index (κ3) is 0.373. The van der Waals surface area contributed by atoms with E-state index in [4.69, 9.17) is 12.3 Å². The summed E-state index contributed by atoms with van der Waals surface area (Å²) in [5.74, 6) is 0. The molecule has 0 aliphatic heterocycles. The van der Waals surface area contributed by atoms with Gasteiger partial charge in [0.25, 0.3) is 12.6 Å². The maximum atomic E-state index is 5.30. The number of hydrogen-bond donors (Lipinski definition) is 1. The second-order valence-corrected chi connectivity index (χ2v) is 1.62. The van der Waals surface area contributed by atoms with E-state index >= 15 is 0 Å². The first-order valence-corrected chi connectivity index (χ1v) is 2.00. The summed E-state index contributed by atoms with van der Waals surface area (Å²) in [5, 5.41) is 0. The van der Waals surface area contributed by atoms with E-state index in [0.29, 0.717) is 0 Å². The molecule has 1 rings (SSSR count). The Balaban J connectivity index is 2.31. The molecule has 0 radical (unpaired) electrons. The molecule has 0 amide bonds. The van der Waals surface area contributed by atoms with Crippen molar-refractivity contribution in [3.05, 3.63) is 4.85 Å². The molecule has 0 heterocycles. The molecule has 32 valence electrons. The lowest BCUT2D eigenvalue weighted by molar-refractivity contribution is 1.04. The minimum absolute atomic E-state index is 0.273. The highest BCUT2D eigenvalue weighted by molar-refractivity contribution is 5.06. The predicted octanol–water partition coefficient (Wildman–Crippen LogP) is 0.0487. The van der Waals surface area contributed by atoms with Crippen LogP contribution in [0.2, 0.25) is 0 Å². The van der Waals surface area contributed by atoms with Crippen molar-refractivity contribution in [2.75, 3.05) is 0 Å². The quantitative estimate of drug-likeness (QED) is 0.440. The molecule has 1 fully saturated rings. The average molecular weight is 83.1 g/mol. The minimum Gasteiger partial charge on any atom is -0.321 e. The van der Waals surface area contributed by atoms with E-state index in [2.05, 4.69) is 4.85 Å². The summed E-state index contributed by atoms with van der Waals surface area (Å²) < 4.78 is 0. The van der Waals surface area contributed by atoms with Crippen molar-refractivity contribution in [3.8, 4) is 6.57 Å². The van der Waals surface area contributed by atoms with Gasteiger partial charge in [-0.3, -0.25) is 0 Å². The Labute approximate surface area is 36.8 Å². The average Bonchev–Trinajstić information content (AvgIpc) is 2.19. The topological polar surface area (TPSA) is 30.4 Å². The molecular weight excluding hydrogens is 76.1 g/mol.